The first-order chi connectivity index (χ1) is 22.6. The van der Waals surface area contributed by atoms with Crippen molar-refractivity contribution in [2.45, 2.75) is 81.8 Å². The molecule has 252 valence electrons. The van der Waals surface area contributed by atoms with Crippen LogP contribution in [0.3, 0.4) is 0 Å². The van der Waals surface area contributed by atoms with E-state index >= 15 is 0 Å². The number of carbonyl (C=O) groups is 1. The van der Waals surface area contributed by atoms with Crippen LogP contribution in [-0.4, -0.2) is 75.8 Å². The van der Waals surface area contributed by atoms with Gasteiger partial charge in [0, 0.05) is 12.0 Å². The SMILES string of the molecule is COC1O[C@H]2[C@H](n3cnc4c(=O)[nH]c(N)nc43)O[C@@](COP(=O)(N[C@@H](C)C(=O)OC3CCCCC3)Oc3ccccc3)(N=[N+]=[N-])[C@H]2O1. The fourth-order valence-electron chi connectivity index (χ4n) is 5.74. The number of nitrogens with one attached hydrogen (secondary N) is 2. The van der Waals surface area contributed by atoms with Gasteiger partial charge in [0.05, 0.1) is 12.9 Å². The molecule has 2 aliphatic heterocycles. The summed E-state index contributed by atoms with van der Waals surface area (Å²) >= 11 is 0. The van der Waals surface area contributed by atoms with E-state index in [1.54, 1.807) is 30.3 Å². The molecule has 7 atom stereocenters. The molecular weight excluding hydrogens is 641 g/mol. The second kappa shape index (κ2) is 13.6. The lowest BCUT2D eigenvalue weighted by Crippen LogP contribution is -2.45. The zero-order valence-electron chi connectivity index (χ0n) is 25.5. The lowest BCUT2D eigenvalue weighted by atomic mass is 9.98. The van der Waals surface area contributed by atoms with Gasteiger partial charge in [0.2, 0.25) is 11.7 Å². The first-order valence-corrected chi connectivity index (χ1v) is 16.5. The molecule has 0 amide bonds. The molecule has 0 spiro atoms. The second-order valence-corrected chi connectivity index (χ2v) is 12.9. The van der Waals surface area contributed by atoms with Crippen LogP contribution in [0, 0.1) is 0 Å². The molecule has 6 rings (SSSR count). The fourth-order valence-corrected chi connectivity index (χ4v) is 7.25. The molecule has 3 aromatic rings. The maximum absolute atomic E-state index is 14.3. The number of hydrogen-bond acceptors (Lipinski definition) is 14. The molecule has 1 saturated carbocycles. The lowest BCUT2D eigenvalue weighted by Gasteiger charge is -2.31. The number of benzene rings is 1. The van der Waals surface area contributed by atoms with E-state index in [0.29, 0.717) is 0 Å². The van der Waals surface area contributed by atoms with E-state index in [9.17, 15) is 19.7 Å². The van der Waals surface area contributed by atoms with Crippen molar-refractivity contribution in [2.24, 2.45) is 5.11 Å². The van der Waals surface area contributed by atoms with Crippen molar-refractivity contribution < 1.29 is 42.1 Å². The lowest BCUT2D eigenvalue weighted by molar-refractivity contribution is -0.269. The molecule has 1 aromatic carbocycles. The number of azide groups is 1. The highest BCUT2D eigenvalue weighted by atomic mass is 31.2. The Morgan fingerprint density at radius 2 is 2.06 bits per heavy atom. The zero-order valence-corrected chi connectivity index (χ0v) is 26.4. The third kappa shape index (κ3) is 6.83. The van der Waals surface area contributed by atoms with Crippen molar-refractivity contribution in [2.75, 3.05) is 19.5 Å². The van der Waals surface area contributed by atoms with Crippen molar-refractivity contribution in [1.29, 1.82) is 0 Å². The molecule has 0 radical (unpaired) electrons. The number of ether oxygens (including phenoxy) is 5. The van der Waals surface area contributed by atoms with E-state index in [0.717, 1.165) is 32.1 Å². The van der Waals surface area contributed by atoms with Crippen molar-refractivity contribution in [3.63, 3.8) is 0 Å². The number of aromatic amines is 1. The molecule has 3 fully saturated rings. The Kier molecular flexibility index (Phi) is 9.50. The molecule has 0 bridgehead atoms. The van der Waals surface area contributed by atoms with Crippen LogP contribution in [0.25, 0.3) is 21.6 Å². The van der Waals surface area contributed by atoms with Gasteiger partial charge in [-0.15, -0.1) is 0 Å². The van der Waals surface area contributed by atoms with Crippen LogP contribution in [0.5, 0.6) is 5.75 Å². The number of H-pyrrole nitrogens is 1. The standard InChI is InChI=1S/C27H34N9O10P/c1-15(24(38)42-16-9-5-3-6-10-16)33-47(39,46-17-11-7-4-8-12-17)41-13-27(34-35-29)20-19(43-26(40-2)44-20)23(45-27)36-14-30-18-21(36)31-25(28)32-22(18)37/h4,7-8,11-12,14-16,19-20,23,26H,3,5-6,9-10,13H2,1-2H3,(H,33,39)(H3,28,31,32,37)/t15-,19+,20-,23+,26?,27+,47?/m0/s1. The molecule has 2 unspecified atom stereocenters. The highest BCUT2D eigenvalue weighted by Crippen LogP contribution is 2.51. The molecule has 20 heteroatoms. The number of anilines is 1. The Balaban J connectivity index is 1.29. The first kappa shape index (κ1) is 32.9. The third-order valence-corrected chi connectivity index (χ3v) is 9.58. The van der Waals surface area contributed by atoms with Gasteiger partial charge in [-0.05, 0) is 50.3 Å². The number of nitrogens with two attached hydrogens (primary N) is 1. The van der Waals surface area contributed by atoms with E-state index in [2.05, 4.69) is 30.1 Å². The number of imidazole rings is 1. The summed E-state index contributed by atoms with van der Waals surface area (Å²) in [7, 11) is -3.11. The molecule has 1 aliphatic carbocycles. The number of fused-ring (bicyclic) bond motifs is 2. The number of rotatable bonds is 12. The Morgan fingerprint density at radius 3 is 2.79 bits per heavy atom. The predicted molar refractivity (Wildman–Crippen MR) is 161 cm³/mol. The van der Waals surface area contributed by atoms with Crippen molar-refractivity contribution in [3.05, 3.63) is 57.5 Å². The van der Waals surface area contributed by atoms with Gasteiger partial charge >= 0.3 is 13.7 Å². The Labute approximate surface area is 267 Å². The molecule has 19 nitrogen and oxygen atoms in total. The molecule has 47 heavy (non-hydrogen) atoms. The summed E-state index contributed by atoms with van der Waals surface area (Å²) in [5, 5.41) is 6.52. The van der Waals surface area contributed by atoms with E-state index < -0.39 is 62.6 Å². The summed E-state index contributed by atoms with van der Waals surface area (Å²) in [6, 6.07) is 7.03. The Bertz CT molecular complexity index is 1750. The minimum Gasteiger partial charge on any atom is -0.461 e. The average molecular weight is 676 g/mol. The smallest absolute Gasteiger partial charge is 0.459 e. The van der Waals surface area contributed by atoms with E-state index in [1.165, 1.54) is 24.9 Å². The number of esters is 1. The summed E-state index contributed by atoms with van der Waals surface area (Å²) in [4.78, 5) is 39.1. The Morgan fingerprint density at radius 1 is 1.30 bits per heavy atom. The normalized spacial score (nSPS) is 27.9. The summed E-state index contributed by atoms with van der Waals surface area (Å²) < 4.78 is 56.3. The van der Waals surface area contributed by atoms with Gasteiger partial charge in [0.15, 0.2) is 17.4 Å². The zero-order chi connectivity index (χ0) is 33.2. The summed E-state index contributed by atoms with van der Waals surface area (Å²) in [5.41, 5.74) is 12.8. The van der Waals surface area contributed by atoms with Crippen LogP contribution in [0.15, 0.2) is 46.6 Å². The molecule has 2 saturated heterocycles. The van der Waals surface area contributed by atoms with Gasteiger partial charge in [-0.2, -0.15) is 10.1 Å². The van der Waals surface area contributed by atoms with Gasteiger partial charge in [-0.25, -0.2) is 9.55 Å². The average Bonchev–Trinajstić information content (AvgIpc) is 3.75. The van der Waals surface area contributed by atoms with Crippen molar-refractivity contribution >= 4 is 30.8 Å². The number of para-hydroxylation sites is 1. The molecule has 3 aliphatic rings. The topological polar surface area (TPSA) is 249 Å². The summed E-state index contributed by atoms with van der Waals surface area (Å²) in [6.45, 7) is -0.474. The van der Waals surface area contributed by atoms with Gasteiger partial charge < -0.3 is 33.9 Å². The largest absolute Gasteiger partial charge is 0.461 e. The van der Waals surface area contributed by atoms with Gasteiger partial charge in [0.1, 0.15) is 30.1 Å². The summed E-state index contributed by atoms with van der Waals surface area (Å²) in [6.07, 6.45) is 2.08. The van der Waals surface area contributed by atoms with Crippen LogP contribution >= 0.6 is 7.75 Å². The van der Waals surface area contributed by atoms with Gasteiger partial charge in [-0.3, -0.25) is 23.7 Å². The number of nitrogens with zero attached hydrogens (tertiary/aromatic N) is 6. The van der Waals surface area contributed by atoms with E-state index in [4.69, 9.17) is 38.5 Å². The number of aromatic nitrogens is 4. The quantitative estimate of drug-likeness (QED) is 0.0821. The number of carbonyl (C=O) groups excluding carboxylic acids is 1. The molecule has 4 heterocycles. The van der Waals surface area contributed by atoms with Crippen molar-refractivity contribution in [3.8, 4) is 5.75 Å². The number of methoxy groups -OCH3 is 1. The van der Waals surface area contributed by atoms with Crippen molar-refractivity contribution in [1.82, 2.24) is 24.6 Å². The maximum Gasteiger partial charge on any atom is 0.459 e. The summed E-state index contributed by atoms with van der Waals surface area (Å²) in [5.74, 6) is -0.651. The minimum atomic E-state index is -4.45. The van der Waals surface area contributed by atoms with Gasteiger partial charge in [0.25, 0.3) is 12.0 Å². The van der Waals surface area contributed by atoms with Crippen LogP contribution < -0.4 is 20.9 Å². The number of hydrogen-bond donors (Lipinski definition) is 3. The van der Waals surface area contributed by atoms with Crippen LogP contribution in [0.4, 0.5) is 5.95 Å². The fraction of sp³-hybridized carbons (Fsp3) is 0.556. The molecular formula is C27H34N9O10P. The van der Waals surface area contributed by atoms with Crippen LogP contribution in [-0.2, 0) is 37.6 Å². The predicted octanol–water partition coefficient (Wildman–Crippen LogP) is 3.01. The molecule has 4 N–H and O–H groups in total. The number of nitrogen functional groups attached to an aromatic ring is 1. The van der Waals surface area contributed by atoms with Crippen LogP contribution in [0.2, 0.25) is 0 Å². The van der Waals surface area contributed by atoms with E-state index in [1.807, 2.05) is 0 Å². The van der Waals surface area contributed by atoms with Crippen LogP contribution in [0.1, 0.15) is 45.3 Å². The third-order valence-electron chi connectivity index (χ3n) is 7.96. The monoisotopic (exact) mass is 675 g/mol. The maximum atomic E-state index is 14.3. The first-order valence-electron chi connectivity index (χ1n) is 14.9. The Hall–Kier alpha value is -4.06. The highest BCUT2D eigenvalue weighted by Gasteiger charge is 2.63. The highest BCUT2D eigenvalue weighted by molar-refractivity contribution is 7.52. The van der Waals surface area contributed by atoms with E-state index in [-0.39, 0.29) is 29.0 Å². The van der Waals surface area contributed by atoms with Gasteiger partial charge in [-0.1, -0.05) is 29.7 Å². The second-order valence-electron chi connectivity index (χ2n) is 11.2. The minimum absolute atomic E-state index is 0.0434. The molecule has 2 aromatic heterocycles.